The van der Waals surface area contributed by atoms with Gasteiger partial charge in [0, 0.05) is 5.69 Å². The first-order valence-electron chi connectivity index (χ1n) is 9.62. The van der Waals surface area contributed by atoms with Crippen LogP contribution in [0.1, 0.15) is 30.5 Å². The molecule has 0 atom stereocenters. The second kappa shape index (κ2) is 9.17. The fourth-order valence-corrected chi connectivity index (χ4v) is 3.70. The van der Waals surface area contributed by atoms with Crippen LogP contribution in [-0.2, 0) is 9.59 Å². The van der Waals surface area contributed by atoms with Crippen LogP contribution in [0.5, 0.6) is 5.75 Å². The molecule has 1 aliphatic rings. The third kappa shape index (κ3) is 5.30. The summed E-state index contributed by atoms with van der Waals surface area (Å²) in [5.41, 5.74) is 3.57. The third-order valence-electron chi connectivity index (χ3n) is 4.52. The van der Waals surface area contributed by atoms with Crippen LogP contribution in [0.15, 0.2) is 47.4 Å². The van der Waals surface area contributed by atoms with E-state index in [-0.39, 0.29) is 17.6 Å². The molecule has 3 rings (SSSR count). The molecule has 1 saturated heterocycles. The van der Waals surface area contributed by atoms with E-state index >= 15 is 0 Å². The number of carbonyl (C=O) groups is 3. The quantitative estimate of drug-likeness (QED) is 0.677. The van der Waals surface area contributed by atoms with E-state index in [0.29, 0.717) is 5.69 Å². The molecule has 1 aliphatic heterocycles. The van der Waals surface area contributed by atoms with E-state index in [4.69, 9.17) is 4.74 Å². The number of aryl methyl sites for hydroxylation is 2. The molecule has 0 aromatic heterocycles. The molecule has 7 heteroatoms. The van der Waals surface area contributed by atoms with Crippen LogP contribution in [0.4, 0.5) is 10.5 Å². The van der Waals surface area contributed by atoms with Crippen molar-refractivity contribution in [3.63, 3.8) is 0 Å². The van der Waals surface area contributed by atoms with Gasteiger partial charge in [0.05, 0.1) is 11.0 Å². The largest absolute Gasteiger partial charge is 0.491 e. The van der Waals surface area contributed by atoms with Gasteiger partial charge in [0.2, 0.25) is 5.91 Å². The molecule has 3 amide bonds. The molecular formula is C23H24N2O4S. The number of rotatable bonds is 6. The summed E-state index contributed by atoms with van der Waals surface area (Å²) in [6, 6.07) is 12.8. The fourth-order valence-electron chi connectivity index (χ4n) is 2.87. The van der Waals surface area contributed by atoms with Crippen LogP contribution < -0.4 is 10.1 Å². The first kappa shape index (κ1) is 21.6. The SMILES string of the molecule is Cc1ccc(NC(=O)CN2C(=O)SC(=Cc3ccc(OC(C)C)cc3)C2=O)cc1C. The highest BCUT2D eigenvalue weighted by Crippen LogP contribution is 2.32. The van der Waals surface area contributed by atoms with Crippen molar-refractivity contribution in [2.75, 3.05) is 11.9 Å². The number of hydrogen-bond donors (Lipinski definition) is 1. The number of ether oxygens (including phenoxy) is 1. The lowest BCUT2D eigenvalue weighted by atomic mass is 10.1. The van der Waals surface area contributed by atoms with Crippen molar-refractivity contribution in [3.05, 3.63) is 64.1 Å². The lowest BCUT2D eigenvalue weighted by Gasteiger charge is -2.13. The van der Waals surface area contributed by atoms with Crippen molar-refractivity contribution in [1.82, 2.24) is 4.90 Å². The van der Waals surface area contributed by atoms with Gasteiger partial charge < -0.3 is 10.1 Å². The Kier molecular flexibility index (Phi) is 6.62. The summed E-state index contributed by atoms with van der Waals surface area (Å²) < 4.78 is 5.60. The Morgan fingerprint density at radius 2 is 1.80 bits per heavy atom. The predicted octanol–water partition coefficient (Wildman–Crippen LogP) is 4.77. The number of thioether (sulfide) groups is 1. The van der Waals surface area contributed by atoms with Crippen LogP contribution in [0, 0.1) is 13.8 Å². The highest BCUT2D eigenvalue weighted by Gasteiger charge is 2.36. The van der Waals surface area contributed by atoms with Crippen LogP contribution in [0.25, 0.3) is 6.08 Å². The Bertz CT molecular complexity index is 1010. The van der Waals surface area contributed by atoms with Gasteiger partial charge in [-0.05, 0) is 86.5 Å². The molecule has 2 aromatic rings. The van der Waals surface area contributed by atoms with Gasteiger partial charge in [-0.25, -0.2) is 0 Å². The van der Waals surface area contributed by atoms with Crippen molar-refractivity contribution in [3.8, 4) is 5.75 Å². The zero-order chi connectivity index (χ0) is 21.8. The Balaban J connectivity index is 1.65. The molecule has 0 radical (unpaired) electrons. The van der Waals surface area contributed by atoms with Gasteiger partial charge >= 0.3 is 0 Å². The van der Waals surface area contributed by atoms with Gasteiger partial charge in [0.25, 0.3) is 11.1 Å². The molecule has 30 heavy (non-hydrogen) atoms. The second-order valence-electron chi connectivity index (χ2n) is 7.35. The maximum atomic E-state index is 12.6. The van der Waals surface area contributed by atoms with Crippen LogP contribution >= 0.6 is 11.8 Å². The van der Waals surface area contributed by atoms with E-state index < -0.39 is 17.1 Å². The molecular weight excluding hydrogens is 400 g/mol. The summed E-state index contributed by atoms with van der Waals surface area (Å²) in [5, 5.41) is 2.28. The smallest absolute Gasteiger partial charge is 0.294 e. The highest BCUT2D eigenvalue weighted by molar-refractivity contribution is 8.18. The Morgan fingerprint density at radius 1 is 1.10 bits per heavy atom. The minimum Gasteiger partial charge on any atom is -0.491 e. The summed E-state index contributed by atoms with van der Waals surface area (Å²) in [4.78, 5) is 38.5. The Labute approximate surface area is 180 Å². The molecule has 0 saturated carbocycles. The van der Waals surface area contributed by atoms with E-state index in [9.17, 15) is 14.4 Å². The molecule has 0 bridgehead atoms. The first-order valence-corrected chi connectivity index (χ1v) is 10.4. The van der Waals surface area contributed by atoms with Crippen LogP contribution in [0.2, 0.25) is 0 Å². The van der Waals surface area contributed by atoms with Gasteiger partial charge in [-0.15, -0.1) is 0 Å². The molecule has 0 spiro atoms. The predicted molar refractivity (Wildman–Crippen MR) is 119 cm³/mol. The molecule has 6 nitrogen and oxygen atoms in total. The average molecular weight is 425 g/mol. The summed E-state index contributed by atoms with van der Waals surface area (Å²) in [6.07, 6.45) is 1.72. The summed E-state index contributed by atoms with van der Waals surface area (Å²) in [5.74, 6) is -0.155. The lowest BCUT2D eigenvalue weighted by Crippen LogP contribution is -2.36. The van der Waals surface area contributed by atoms with Crippen LogP contribution in [-0.4, -0.2) is 34.6 Å². The molecule has 0 unspecified atom stereocenters. The van der Waals surface area contributed by atoms with Gasteiger partial charge in [0.1, 0.15) is 12.3 Å². The van der Waals surface area contributed by atoms with Gasteiger partial charge in [-0.1, -0.05) is 18.2 Å². The molecule has 1 heterocycles. The van der Waals surface area contributed by atoms with Crippen molar-refractivity contribution in [1.29, 1.82) is 0 Å². The number of hydrogen-bond acceptors (Lipinski definition) is 5. The number of amides is 3. The zero-order valence-electron chi connectivity index (χ0n) is 17.4. The molecule has 1 N–H and O–H groups in total. The first-order chi connectivity index (χ1) is 14.2. The maximum absolute atomic E-state index is 12.6. The van der Waals surface area contributed by atoms with Gasteiger partial charge in [-0.2, -0.15) is 0 Å². The van der Waals surface area contributed by atoms with Crippen molar-refractivity contribution >= 4 is 40.6 Å². The van der Waals surface area contributed by atoms with Gasteiger partial charge in [0.15, 0.2) is 0 Å². The second-order valence-corrected chi connectivity index (χ2v) is 8.34. The normalized spacial score (nSPS) is 15.2. The molecule has 0 aliphatic carbocycles. The standard InChI is InChI=1S/C23H24N2O4S/c1-14(2)29-19-9-6-17(7-10-19)12-20-22(27)25(23(28)30-20)13-21(26)24-18-8-5-15(3)16(4)11-18/h5-12,14H,13H2,1-4H3,(H,24,26). The maximum Gasteiger partial charge on any atom is 0.294 e. The lowest BCUT2D eigenvalue weighted by molar-refractivity contribution is -0.127. The van der Waals surface area contributed by atoms with Crippen molar-refractivity contribution < 1.29 is 19.1 Å². The number of benzene rings is 2. The number of nitrogens with one attached hydrogen (secondary N) is 1. The Hall–Kier alpha value is -3.06. The molecule has 2 aromatic carbocycles. The topological polar surface area (TPSA) is 75.7 Å². The van der Waals surface area contributed by atoms with E-state index in [1.54, 1.807) is 12.1 Å². The van der Waals surface area contributed by atoms with Crippen molar-refractivity contribution in [2.45, 2.75) is 33.8 Å². The average Bonchev–Trinajstić information content (AvgIpc) is 2.93. The Morgan fingerprint density at radius 3 is 2.43 bits per heavy atom. The number of nitrogens with zero attached hydrogens (tertiary/aromatic N) is 1. The molecule has 156 valence electrons. The number of carbonyl (C=O) groups excluding carboxylic acids is 3. The third-order valence-corrected chi connectivity index (χ3v) is 5.42. The number of anilines is 1. The highest BCUT2D eigenvalue weighted by atomic mass is 32.2. The van der Waals surface area contributed by atoms with Crippen molar-refractivity contribution in [2.24, 2.45) is 0 Å². The van der Waals surface area contributed by atoms with Gasteiger partial charge in [-0.3, -0.25) is 19.3 Å². The van der Waals surface area contributed by atoms with E-state index in [2.05, 4.69) is 5.32 Å². The number of imide groups is 1. The van der Waals surface area contributed by atoms with E-state index in [1.165, 1.54) is 0 Å². The van der Waals surface area contributed by atoms with E-state index in [1.807, 2.05) is 64.1 Å². The van der Waals surface area contributed by atoms with E-state index in [0.717, 1.165) is 39.1 Å². The minimum absolute atomic E-state index is 0.0716. The monoisotopic (exact) mass is 424 g/mol. The summed E-state index contributed by atoms with van der Waals surface area (Å²) in [6.45, 7) is 7.50. The summed E-state index contributed by atoms with van der Waals surface area (Å²) >= 11 is 0.831. The summed E-state index contributed by atoms with van der Waals surface area (Å²) in [7, 11) is 0. The zero-order valence-corrected chi connectivity index (χ0v) is 18.2. The fraction of sp³-hybridized carbons (Fsp3) is 0.261. The molecule has 1 fully saturated rings. The minimum atomic E-state index is -0.470. The van der Waals surface area contributed by atoms with Crippen LogP contribution in [0.3, 0.4) is 0 Å².